The van der Waals surface area contributed by atoms with Gasteiger partial charge >= 0.3 is 6.03 Å². The fourth-order valence-electron chi connectivity index (χ4n) is 4.74. The van der Waals surface area contributed by atoms with Crippen LogP contribution in [-0.4, -0.2) is 74.0 Å². The van der Waals surface area contributed by atoms with Crippen LogP contribution in [0.15, 0.2) is 29.5 Å². The highest BCUT2D eigenvalue weighted by atomic mass is 19.1. The normalized spacial score (nSPS) is 17.2. The van der Waals surface area contributed by atoms with Crippen LogP contribution in [0.1, 0.15) is 36.3 Å². The largest absolute Gasteiger partial charge is 0.341 e. The smallest absolute Gasteiger partial charge is 0.337 e. The van der Waals surface area contributed by atoms with E-state index in [0.29, 0.717) is 55.2 Å². The quantitative estimate of drug-likeness (QED) is 0.543. The van der Waals surface area contributed by atoms with Crippen LogP contribution in [0.25, 0.3) is 5.82 Å². The molecule has 204 valence electrons. The molecule has 2 aromatic heterocycles. The van der Waals surface area contributed by atoms with Crippen LogP contribution >= 0.6 is 0 Å². The SMILES string of the molecule is CC(=O)Nc1c(C)nn(-c2nc(N3CCN(C(=O)N4N=CCC4c4cc(F)cc(F)c4)CC3)ncc2F)c1C. The van der Waals surface area contributed by atoms with Gasteiger partial charge in [0.15, 0.2) is 11.6 Å². The third-order valence-electron chi connectivity index (χ3n) is 6.63. The van der Waals surface area contributed by atoms with Crippen LogP contribution in [-0.2, 0) is 4.79 Å². The van der Waals surface area contributed by atoms with Gasteiger partial charge in [-0.15, -0.1) is 0 Å². The first kappa shape index (κ1) is 26.1. The first-order chi connectivity index (χ1) is 18.6. The number of anilines is 2. The molecule has 1 saturated heterocycles. The molecule has 1 unspecified atom stereocenters. The number of benzene rings is 1. The van der Waals surface area contributed by atoms with Gasteiger partial charge in [-0.2, -0.15) is 15.2 Å². The van der Waals surface area contributed by atoms with Crippen molar-refractivity contribution in [2.75, 3.05) is 36.4 Å². The summed E-state index contributed by atoms with van der Waals surface area (Å²) in [6, 6.07) is 2.20. The Balaban J connectivity index is 1.29. The van der Waals surface area contributed by atoms with Gasteiger partial charge in [0.25, 0.3) is 0 Å². The predicted octanol–water partition coefficient (Wildman–Crippen LogP) is 3.33. The lowest BCUT2D eigenvalue weighted by molar-refractivity contribution is -0.114. The molecule has 0 saturated carbocycles. The van der Waals surface area contributed by atoms with E-state index in [-0.39, 0.29) is 23.7 Å². The standard InChI is InChI=1S/C25H26F3N9O2/c1-14-22(31-16(3)38)15(2)36(33-14)23-20(28)13-29-24(32-23)34-6-8-35(9-7-34)25(39)37-21(4-5-30-37)17-10-18(26)12-19(27)11-17/h5,10-13,21H,4,6-9H2,1-3H3,(H,31,38). The van der Waals surface area contributed by atoms with Crippen molar-refractivity contribution in [3.63, 3.8) is 0 Å². The molecule has 2 aliphatic heterocycles. The van der Waals surface area contributed by atoms with Gasteiger partial charge in [0.05, 0.1) is 29.3 Å². The van der Waals surface area contributed by atoms with Gasteiger partial charge in [0.1, 0.15) is 11.6 Å². The van der Waals surface area contributed by atoms with Crippen LogP contribution in [0.5, 0.6) is 0 Å². The number of hydrazone groups is 1. The number of aromatic nitrogens is 4. The molecule has 14 heteroatoms. The molecular formula is C25H26F3N9O2. The summed E-state index contributed by atoms with van der Waals surface area (Å²) >= 11 is 0. The van der Waals surface area contributed by atoms with E-state index in [4.69, 9.17) is 0 Å². The predicted molar refractivity (Wildman–Crippen MR) is 136 cm³/mol. The topological polar surface area (TPSA) is 112 Å². The number of nitrogens with zero attached hydrogens (tertiary/aromatic N) is 8. The second kappa shape index (κ2) is 10.3. The summed E-state index contributed by atoms with van der Waals surface area (Å²) < 4.78 is 43.6. The number of rotatable bonds is 4. The van der Waals surface area contributed by atoms with Crippen LogP contribution < -0.4 is 10.2 Å². The Morgan fingerprint density at radius 3 is 2.38 bits per heavy atom. The third-order valence-corrected chi connectivity index (χ3v) is 6.63. The van der Waals surface area contributed by atoms with Gasteiger partial charge in [-0.05, 0) is 31.5 Å². The minimum absolute atomic E-state index is 0.0627. The highest BCUT2D eigenvalue weighted by Gasteiger charge is 2.34. The Bertz CT molecular complexity index is 1450. The second-order valence-electron chi connectivity index (χ2n) is 9.33. The number of halogens is 3. The molecule has 1 aromatic carbocycles. The van der Waals surface area contributed by atoms with E-state index in [1.165, 1.54) is 28.7 Å². The number of nitrogens with one attached hydrogen (secondary N) is 1. The van der Waals surface area contributed by atoms with E-state index in [1.807, 2.05) is 4.90 Å². The maximum absolute atomic E-state index is 14.8. The fraction of sp³-hybridized carbons (Fsp3) is 0.360. The van der Waals surface area contributed by atoms with Crippen LogP contribution in [0.2, 0.25) is 0 Å². The van der Waals surface area contributed by atoms with Gasteiger partial charge in [0, 0.05) is 51.8 Å². The lowest BCUT2D eigenvalue weighted by atomic mass is 10.0. The van der Waals surface area contributed by atoms with E-state index >= 15 is 0 Å². The third kappa shape index (κ3) is 5.13. The maximum Gasteiger partial charge on any atom is 0.341 e. The Hall–Kier alpha value is -4.49. The monoisotopic (exact) mass is 541 g/mol. The molecule has 3 aromatic rings. The first-order valence-corrected chi connectivity index (χ1v) is 12.3. The van der Waals surface area contributed by atoms with Gasteiger partial charge in [0.2, 0.25) is 11.9 Å². The van der Waals surface area contributed by atoms with Crippen molar-refractivity contribution in [1.82, 2.24) is 29.7 Å². The second-order valence-corrected chi connectivity index (χ2v) is 9.33. The van der Waals surface area contributed by atoms with Gasteiger partial charge < -0.3 is 15.1 Å². The van der Waals surface area contributed by atoms with E-state index < -0.39 is 23.5 Å². The molecular weight excluding hydrogens is 515 g/mol. The molecule has 0 aliphatic carbocycles. The zero-order valence-electron chi connectivity index (χ0n) is 21.5. The fourth-order valence-corrected chi connectivity index (χ4v) is 4.74. The van der Waals surface area contributed by atoms with E-state index in [0.717, 1.165) is 12.3 Å². The molecule has 5 rings (SSSR count). The molecule has 1 N–H and O–H groups in total. The molecule has 4 heterocycles. The number of piperazine rings is 1. The average Bonchev–Trinajstić information content (AvgIpc) is 3.49. The Morgan fingerprint density at radius 2 is 1.72 bits per heavy atom. The highest BCUT2D eigenvalue weighted by molar-refractivity contribution is 5.90. The van der Waals surface area contributed by atoms with Gasteiger partial charge in [-0.3, -0.25) is 4.79 Å². The van der Waals surface area contributed by atoms with Gasteiger partial charge in [-0.1, -0.05) is 0 Å². The number of urea groups is 1. The van der Waals surface area contributed by atoms with E-state index in [1.54, 1.807) is 25.0 Å². The average molecular weight is 542 g/mol. The lowest BCUT2D eigenvalue weighted by Crippen LogP contribution is -2.52. The zero-order chi connectivity index (χ0) is 27.8. The molecule has 1 atom stereocenters. The first-order valence-electron chi connectivity index (χ1n) is 12.3. The molecule has 11 nitrogen and oxygen atoms in total. The highest BCUT2D eigenvalue weighted by Crippen LogP contribution is 2.31. The number of carbonyl (C=O) groups is 2. The molecule has 3 amide bonds. The summed E-state index contributed by atoms with van der Waals surface area (Å²) in [7, 11) is 0. The molecule has 0 radical (unpaired) electrons. The summed E-state index contributed by atoms with van der Waals surface area (Å²) in [5.41, 5.74) is 1.84. The minimum Gasteiger partial charge on any atom is -0.337 e. The lowest BCUT2D eigenvalue weighted by Gasteiger charge is -2.37. The van der Waals surface area contributed by atoms with Crippen molar-refractivity contribution in [2.24, 2.45) is 5.10 Å². The van der Waals surface area contributed by atoms with Crippen molar-refractivity contribution in [3.05, 3.63) is 58.8 Å². The van der Waals surface area contributed by atoms with Crippen molar-refractivity contribution in [2.45, 2.75) is 33.2 Å². The van der Waals surface area contributed by atoms with Crippen molar-refractivity contribution in [1.29, 1.82) is 0 Å². The summed E-state index contributed by atoms with van der Waals surface area (Å²) in [5, 5.41) is 12.4. The summed E-state index contributed by atoms with van der Waals surface area (Å²) in [6.07, 6.45) is 2.95. The van der Waals surface area contributed by atoms with Crippen LogP contribution in [0, 0.1) is 31.3 Å². The summed E-state index contributed by atoms with van der Waals surface area (Å²) in [5.74, 6) is -2.19. The minimum atomic E-state index is -0.719. The Labute approximate surface area is 221 Å². The summed E-state index contributed by atoms with van der Waals surface area (Å²) in [4.78, 5) is 36.7. The number of hydrogen-bond donors (Lipinski definition) is 1. The van der Waals surface area contributed by atoms with Gasteiger partial charge in [-0.25, -0.2) is 32.6 Å². The van der Waals surface area contributed by atoms with Crippen LogP contribution in [0.3, 0.4) is 0 Å². The number of amides is 3. The molecule has 0 bridgehead atoms. The summed E-state index contributed by atoms with van der Waals surface area (Å²) in [6.45, 7) is 6.11. The zero-order valence-corrected chi connectivity index (χ0v) is 21.5. The van der Waals surface area contributed by atoms with Crippen molar-refractivity contribution >= 4 is 29.8 Å². The number of hydrogen-bond acceptors (Lipinski definition) is 7. The molecule has 0 spiro atoms. The Morgan fingerprint density at radius 1 is 1.03 bits per heavy atom. The van der Waals surface area contributed by atoms with E-state index in [2.05, 4.69) is 25.5 Å². The maximum atomic E-state index is 14.8. The molecule has 1 fully saturated rings. The molecule has 2 aliphatic rings. The van der Waals surface area contributed by atoms with E-state index in [9.17, 15) is 22.8 Å². The van der Waals surface area contributed by atoms with Crippen molar-refractivity contribution in [3.8, 4) is 5.82 Å². The Kier molecular flexibility index (Phi) is 6.93. The molecule has 39 heavy (non-hydrogen) atoms. The van der Waals surface area contributed by atoms with Crippen molar-refractivity contribution < 1.29 is 22.8 Å². The number of carbonyl (C=O) groups excluding carboxylic acids is 2. The number of aryl methyl sites for hydroxylation is 1. The van der Waals surface area contributed by atoms with Crippen LogP contribution in [0.4, 0.5) is 29.6 Å².